The molecule has 0 bridgehead atoms. The Morgan fingerprint density at radius 2 is 2.19 bits per heavy atom. The number of aromatic nitrogens is 1. The van der Waals surface area contributed by atoms with Crippen molar-refractivity contribution in [2.45, 2.75) is 20.3 Å². The molecule has 0 N–H and O–H groups in total. The van der Waals surface area contributed by atoms with Gasteiger partial charge < -0.3 is 0 Å². The zero-order valence-electron chi connectivity index (χ0n) is 9.36. The van der Waals surface area contributed by atoms with Crippen LogP contribution in [0.5, 0.6) is 0 Å². The van der Waals surface area contributed by atoms with Crippen LogP contribution in [0.2, 0.25) is 0 Å². The van der Waals surface area contributed by atoms with Crippen LogP contribution in [0.15, 0.2) is 29.6 Å². The standard InChI is InChI=1S/C13H13NOS/c1-9-4-3-5-11(6-9)13(15)7-12-8-16-10(2)14-12/h3-6,8H,7H2,1-2H3. The number of rotatable bonds is 3. The quantitative estimate of drug-likeness (QED) is 0.759. The fraction of sp³-hybridized carbons (Fsp3) is 0.231. The summed E-state index contributed by atoms with van der Waals surface area (Å²) in [5, 5.41) is 2.95. The Kier molecular flexibility index (Phi) is 3.15. The van der Waals surface area contributed by atoms with Crippen LogP contribution in [0, 0.1) is 13.8 Å². The van der Waals surface area contributed by atoms with Crippen LogP contribution in [0.25, 0.3) is 0 Å². The van der Waals surface area contributed by atoms with Gasteiger partial charge in [0.15, 0.2) is 5.78 Å². The summed E-state index contributed by atoms with van der Waals surface area (Å²) in [6.07, 6.45) is 0.397. The summed E-state index contributed by atoms with van der Waals surface area (Å²) in [5.74, 6) is 0.133. The van der Waals surface area contributed by atoms with Crippen molar-refractivity contribution in [3.8, 4) is 0 Å². The van der Waals surface area contributed by atoms with Gasteiger partial charge in [-0.2, -0.15) is 0 Å². The van der Waals surface area contributed by atoms with Crippen molar-refractivity contribution >= 4 is 17.1 Å². The lowest BCUT2D eigenvalue weighted by molar-refractivity contribution is 0.0992. The van der Waals surface area contributed by atoms with E-state index in [4.69, 9.17) is 0 Å². The molecule has 1 aromatic carbocycles. The average Bonchev–Trinajstić information content (AvgIpc) is 2.64. The summed E-state index contributed by atoms with van der Waals surface area (Å²) in [6, 6.07) is 7.68. The Balaban J connectivity index is 2.14. The molecule has 0 aliphatic carbocycles. The molecule has 0 saturated heterocycles. The average molecular weight is 231 g/mol. The van der Waals surface area contributed by atoms with E-state index in [2.05, 4.69) is 4.98 Å². The van der Waals surface area contributed by atoms with Crippen LogP contribution in [0.4, 0.5) is 0 Å². The zero-order valence-corrected chi connectivity index (χ0v) is 10.2. The van der Waals surface area contributed by atoms with Gasteiger partial charge in [0.25, 0.3) is 0 Å². The molecule has 16 heavy (non-hydrogen) atoms. The van der Waals surface area contributed by atoms with E-state index in [1.54, 1.807) is 11.3 Å². The highest BCUT2D eigenvalue weighted by Gasteiger charge is 2.08. The Morgan fingerprint density at radius 1 is 1.38 bits per heavy atom. The third kappa shape index (κ3) is 2.55. The van der Waals surface area contributed by atoms with E-state index in [1.807, 2.05) is 43.5 Å². The minimum atomic E-state index is 0.133. The highest BCUT2D eigenvalue weighted by atomic mass is 32.1. The van der Waals surface area contributed by atoms with Gasteiger partial charge in [0.05, 0.1) is 17.1 Å². The Labute approximate surface area is 99.0 Å². The van der Waals surface area contributed by atoms with Gasteiger partial charge in [0.1, 0.15) is 0 Å². The number of Topliss-reactive ketones (excluding diaryl/α,β-unsaturated/α-hetero) is 1. The normalized spacial score (nSPS) is 10.4. The molecule has 1 aromatic heterocycles. The van der Waals surface area contributed by atoms with E-state index >= 15 is 0 Å². The molecule has 0 atom stereocenters. The highest BCUT2D eigenvalue weighted by molar-refractivity contribution is 7.09. The van der Waals surface area contributed by atoms with Crippen molar-refractivity contribution in [3.63, 3.8) is 0 Å². The molecule has 82 valence electrons. The maximum absolute atomic E-state index is 11.9. The van der Waals surface area contributed by atoms with E-state index in [0.717, 1.165) is 21.8 Å². The third-order valence-electron chi connectivity index (χ3n) is 2.35. The second-order valence-electron chi connectivity index (χ2n) is 3.83. The van der Waals surface area contributed by atoms with Crippen LogP contribution < -0.4 is 0 Å². The number of carbonyl (C=O) groups excluding carboxylic acids is 1. The molecule has 2 nitrogen and oxygen atoms in total. The van der Waals surface area contributed by atoms with Gasteiger partial charge in [-0.05, 0) is 19.9 Å². The topological polar surface area (TPSA) is 30.0 Å². The number of hydrogen-bond acceptors (Lipinski definition) is 3. The minimum absolute atomic E-state index is 0.133. The summed E-state index contributed by atoms with van der Waals surface area (Å²) >= 11 is 1.58. The largest absolute Gasteiger partial charge is 0.294 e. The van der Waals surface area contributed by atoms with Crippen molar-refractivity contribution in [3.05, 3.63) is 51.5 Å². The molecule has 0 radical (unpaired) electrons. The predicted octanol–water partition coefficient (Wildman–Crippen LogP) is 3.19. The van der Waals surface area contributed by atoms with Gasteiger partial charge in [-0.3, -0.25) is 4.79 Å². The number of hydrogen-bond donors (Lipinski definition) is 0. The number of benzene rings is 1. The second kappa shape index (κ2) is 4.58. The fourth-order valence-corrected chi connectivity index (χ4v) is 2.19. The maximum Gasteiger partial charge on any atom is 0.168 e. The third-order valence-corrected chi connectivity index (χ3v) is 3.17. The van der Waals surface area contributed by atoms with Gasteiger partial charge in [0, 0.05) is 10.9 Å². The number of carbonyl (C=O) groups is 1. The molecule has 1 heterocycles. The van der Waals surface area contributed by atoms with Crippen LogP contribution in [-0.2, 0) is 6.42 Å². The minimum Gasteiger partial charge on any atom is -0.294 e. The first-order valence-electron chi connectivity index (χ1n) is 5.16. The van der Waals surface area contributed by atoms with E-state index < -0.39 is 0 Å². The van der Waals surface area contributed by atoms with Gasteiger partial charge in [-0.25, -0.2) is 4.98 Å². The SMILES string of the molecule is Cc1cccc(C(=O)Cc2csc(C)n2)c1. The van der Waals surface area contributed by atoms with Gasteiger partial charge in [-0.15, -0.1) is 11.3 Å². The first-order valence-corrected chi connectivity index (χ1v) is 6.04. The number of nitrogens with zero attached hydrogens (tertiary/aromatic N) is 1. The maximum atomic E-state index is 11.9. The van der Waals surface area contributed by atoms with Gasteiger partial charge in [-0.1, -0.05) is 23.8 Å². The van der Waals surface area contributed by atoms with Crippen molar-refractivity contribution in [1.82, 2.24) is 4.98 Å². The van der Waals surface area contributed by atoms with Crippen LogP contribution in [0.3, 0.4) is 0 Å². The molecule has 3 heteroatoms. The molecule has 0 aliphatic heterocycles. The molecular formula is C13H13NOS. The number of ketones is 1. The number of aryl methyl sites for hydroxylation is 2. The molecule has 0 saturated carbocycles. The van der Waals surface area contributed by atoms with E-state index in [1.165, 1.54) is 0 Å². The molecule has 2 aromatic rings. The van der Waals surface area contributed by atoms with E-state index in [0.29, 0.717) is 6.42 Å². The highest BCUT2D eigenvalue weighted by Crippen LogP contribution is 2.12. The molecule has 0 amide bonds. The molecule has 0 fully saturated rings. The molecular weight excluding hydrogens is 218 g/mol. The Morgan fingerprint density at radius 3 is 2.81 bits per heavy atom. The lowest BCUT2D eigenvalue weighted by Gasteiger charge is -2.00. The van der Waals surface area contributed by atoms with Crippen LogP contribution >= 0.6 is 11.3 Å². The Bertz CT molecular complexity index is 516. The van der Waals surface area contributed by atoms with E-state index in [9.17, 15) is 4.79 Å². The lowest BCUT2D eigenvalue weighted by Crippen LogP contribution is -2.03. The second-order valence-corrected chi connectivity index (χ2v) is 4.89. The van der Waals surface area contributed by atoms with Crippen molar-refractivity contribution in [1.29, 1.82) is 0 Å². The lowest BCUT2D eigenvalue weighted by atomic mass is 10.1. The molecule has 0 spiro atoms. The zero-order chi connectivity index (χ0) is 11.5. The number of thiazole rings is 1. The molecule has 0 unspecified atom stereocenters. The van der Waals surface area contributed by atoms with Crippen LogP contribution in [0.1, 0.15) is 26.6 Å². The fourth-order valence-electron chi connectivity index (χ4n) is 1.57. The van der Waals surface area contributed by atoms with Gasteiger partial charge >= 0.3 is 0 Å². The summed E-state index contributed by atoms with van der Waals surface area (Å²) in [7, 11) is 0. The Hall–Kier alpha value is -1.48. The van der Waals surface area contributed by atoms with Crippen molar-refractivity contribution in [2.24, 2.45) is 0 Å². The first kappa shape index (κ1) is 11.0. The molecule has 2 rings (SSSR count). The summed E-state index contributed by atoms with van der Waals surface area (Å²) in [6.45, 7) is 3.94. The van der Waals surface area contributed by atoms with E-state index in [-0.39, 0.29) is 5.78 Å². The smallest absolute Gasteiger partial charge is 0.168 e. The van der Waals surface area contributed by atoms with Crippen LogP contribution in [-0.4, -0.2) is 10.8 Å². The monoisotopic (exact) mass is 231 g/mol. The summed E-state index contributed by atoms with van der Waals surface area (Å²) < 4.78 is 0. The predicted molar refractivity (Wildman–Crippen MR) is 66.1 cm³/mol. The van der Waals surface area contributed by atoms with Crippen molar-refractivity contribution < 1.29 is 4.79 Å². The first-order chi connectivity index (χ1) is 7.65. The summed E-state index contributed by atoms with van der Waals surface area (Å²) in [4.78, 5) is 16.2. The van der Waals surface area contributed by atoms with Crippen molar-refractivity contribution in [2.75, 3.05) is 0 Å². The molecule has 0 aliphatic rings. The summed E-state index contributed by atoms with van der Waals surface area (Å²) in [5.41, 5.74) is 2.75. The van der Waals surface area contributed by atoms with Gasteiger partial charge in [0.2, 0.25) is 0 Å².